The third-order valence-corrected chi connectivity index (χ3v) is 6.12. The lowest BCUT2D eigenvalue weighted by Gasteiger charge is -2.18. The number of ether oxygens (including phenoxy) is 1. The summed E-state index contributed by atoms with van der Waals surface area (Å²) in [6.45, 7) is 1.41. The molecule has 30 heavy (non-hydrogen) atoms. The van der Waals surface area contributed by atoms with E-state index >= 15 is 0 Å². The van der Waals surface area contributed by atoms with Crippen LogP contribution in [-0.2, 0) is 22.7 Å². The zero-order chi connectivity index (χ0) is 21.1. The van der Waals surface area contributed by atoms with Gasteiger partial charge in [0.1, 0.15) is 10.4 Å². The molecule has 0 saturated carbocycles. The first-order valence-electron chi connectivity index (χ1n) is 9.67. The molecule has 1 atom stereocenters. The number of nitrogens with zero attached hydrogens (tertiary/aromatic N) is 3. The average molecular weight is 426 g/mol. The Morgan fingerprint density at radius 2 is 2.13 bits per heavy atom. The number of fused-ring (bicyclic) bond motifs is 1. The van der Waals surface area contributed by atoms with Gasteiger partial charge in [-0.15, -0.1) is 11.3 Å². The van der Waals surface area contributed by atoms with Crippen LogP contribution in [0.15, 0.2) is 46.8 Å². The SMILES string of the molecule is COc1ccccc1CN1CC(C(=O)NCCn2cnc3ccsc3c2=O)CC1=O. The lowest BCUT2D eigenvalue weighted by atomic mass is 10.1. The van der Waals surface area contributed by atoms with Crippen molar-refractivity contribution < 1.29 is 14.3 Å². The van der Waals surface area contributed by atoms with Crippen molar-refractivity contribution in [2.45, 2.75) is 19.5 Å². The zero-order valence-corrected chi connectivity index (χ0v) is 17.4. The molecule has 9 heteroatoms. The van der Waals surface area contributed by atoms with Gasteiger partial charge in [0.25, 0.3) is 5.56 Å². The lowest BCUT2D eigenvalue weighted by molar-refractivity contribution is -0.129. The van der Waals surface area contributed by atoms with Crippen LogP contribution in [0.25, 0.3) is 10.2 Å². The maximum atomic E-state index is 12.5. The minimum absolute atomic E-state index is 0.0513. The fraction of sp³-hybridized carbons (Fsp3) is 0.333. The minimum atomic E-state index is -0.401. The van der Waals surface area contributed by atoms with Crippen LogP contribution in [0, 0.1) is 5.92 Å². The van der Waals surface area contributed by atoms with Gasteiger partial charge in [0, 0.05) is 38.2 Å². The number of aromatic nitrogens is 2. The Bertz CT molecular complexity index is 1140. The molecule has 0 aliphatic carbocycles. The summed E-state index contributed by atoms with van der Waals surface area (Å²) in [4.78, 5) is 43.3. The summed E-state index contributed by atoms with van der Waals surface area (Å²) in [7, 11) is 1.60. The molecule has 1 aliphatic heterocycles. The van der Waals surface area contributed by atoms with E-state index in [1.165, 1.54) is 22.2 Å². The molecule has 8 nitrogen and oxygen atoms in total. The molecule has 2 amide bonds. The highest BCUT2D eigenvalue weighted by Gasteiger charge is 2.34. The molecule has 0 spiro atoms. The molecule has 2 aromatic heterocycles. The summed E-state index contributed by atoms with van der Waals surface area (Å²) < 4.78 is 7.44. The highest BCUT2D eigenvalue weighted by molar-refractivity contribution is 7.17. The van der Waals surface area contributed by atoms with E-state index < -0.39 is 5.92 Å². The van der Waals surface area contributed by atoms with E-state index in [4.69, 9.17) is 4.74 Å². The van der Waals surface area contributed by atoms with Crippen molar-refractivity contribution in [2.24, 2.45) is 5.92 Å². The number of thiophene rings is 1. The van der Waals surface area contributed by atoms with Gasteiger partial charge >= 0.3 is 0 Å². The highest BCUT2D eigenvalue weighted by atomic mass is 32.1. The van der Waals surface area contributed by atoms with E-state index in [1.54, 1.807) is 18.1 Å². The van der Waals surface area contributed by atoms with Crippen molar-refractivity contribution >= 4 is 33.4 Å². The molecule has 1 fully saturated rings. The molecule has 1 N–H and O–H groups in total. The van der Waals surface area contributed by atoms with E-state index in [9.17, 15) is 14.4 Å². The van der Waals surface area contributed by atoms with Crippen LogP contribution in [0.4, 0.5) is 0 Å². The van der Waals surface area contributed by atoms with Crippen LogP contribution < -0.4 is 15.6 Å². The normalized spacial score (nSPS) is 16.2. The number of benzene rings is 1. The van der Waals surface area contributed by atoms with Gasteiger partial charge in [-0.05, 0) is 17.5 Å². The van der Waals surface area contributed by atoms with E-state index in [1.807, 2.05) is 29.6 Å². The van der Waals surface area contributed by atoms with Crippen molar-refractivity contribution in [3.05, 3.63) is 58.0 Å². The van der Waals surface area contributed by atoms with E-state index in [-0.39, 0.29) is 23.8 Å². The second kappa shape index (κ2) is 8.66. The Balaban J connectivity index is 1.32. The monoisotopic (exact) mass is 426 g/mol. The number of amides is 2. The molecule has 1 unspecified atom stereocenters. The first kappa shape index (κ1) is 20.1. The number of nitrogens with one attached hydrogen (secondary N) is 1. The molecular formula is C21H22N4O4S. The molecule has 3 aromatic rings. The number of hydrogen-bond acceptors (Lipinski definition) is 6. The van der Waals surface area contributed by atoms with E-state index in [0.29, 0.717) is 36.4 Å². The molecule has 1 saturated heterocycles. The Morgan fingerprint density at radius 1 is 1.30 bits per heavy atom. The highest BCUT2D eigenvalue weighted by Crippen LogP contribution is 2.24. The van der Waals surface area contributed by atoms with Gasteiger partial charge in [0.05, 0.1) is 24.9 Å². The Hall–Kier alpha value is -3.20. The molecule has 0 bridgehead atoms. The number of para-hydroxylation sites is 1. The number of methoxy groups -OCH3 is 1. The summed E-state index contributed by atoms with van der Waals surface area (Å²) in [5, 5.41) is 4.68. The van der Waals surface area contributed by atoms with Gasteiger partial charge in [0.2, 0.25) is 11.8 Å². The summed E-state index contributed by atoms with van der Waals surface area (Å²) in [5.41, 5.74) is 1.48. The fourth-order valence-corrected chi connectivity index (χ4v) is 4.41. The third-order valence-electron chi connectivity index (χ3n) is 5.23. The van der Waals surface area contributed by atoms with E-state index in [0.717, 1.165) is 11.3 Å². The number of hydrogen-bond donors (Lipinski definition) is 1. The maximum Gasteiger partial charge on any atom is 0.271 e. The predicted octanol–water partition coefficient (Wildman–Crippen LogP) is 1.63. The topological polar surface area (TPSA) is 93.5 Å². The Labute approximate surface area is 177 Å². The van der Waals surface area contributed by atoms with Crippen LogP contribution in [0.2, 0.25) is 0 Å². The van der Waals surface area contributed by atoms with Crippen LogP contribution in [0.1, 0.15) is 12.0 Å². The van der Waals surface area contributed by atoms with Crippen LogP contribution in [0.5, 0.6) is 5.75 Å². The Kier molecular flexibility index (Phi) is 5.80. The summed E-state index contributed by atoms with van der Waals surface area (Å²) in [6, 6.07) is 9.34. The molecule has 1 aliphatic rings. The predicted molar refractivity (Wildman–Crippen MR) is 113 cm³/mol. The van der Waals surface area contributed by atoms with Crippen LogP contribution in [-0.4, -0.2) is 46.5 Å². The van der Waals surface area contributed by atoms with E-state index in [2.05, 4.69) is 10.3 Å². The lowest BCUT2D eigenvalue weighted by Crippen LogP contribution is -2.36. The van der Waals surface area contributed by atoms with Crippen molar-refractivity contribution in [3.8, 4) is 5.75 Å². The molecule has 3 heterocycles. The van der Waals surface area contributed by atoms with Gasteiger partial charge in [-0.2, -0.15) is 0 Å². The second-order valence-electron chi connectivity index (χ2n) is 7.16. The van der Waals surface area contributed by atoms with Crippen LogP contribution >= 0.6 is 11.3 Å². The van der Waals surface area contributed by atoms with Crippen molar-refractivity contribution in [1.82, 2.24) is 19.8 Å². The first-order chi connectivity index (χ1) is 14.6. The summed E-state index contributed by atoms with van der Waals surface area (Å²) in [5.74, 6) is 0.0931. The van der Waals surface area contributed by atoms with Gasteiger partial charge in [0.15, 0.2) is 0 Å². The minimum Gasteiger partial charge on any atom is -0.496 e. The number of rotatable bonds is 7. The second-order valence-corrected chi connectivity index (χ2v) is 8.07. The third kappa shape index (κ3) is 4.06. The van der Waals surface area contributed by atoms with Crippen molar-refractivity contribution in [1.29, 1.82) is 0 Å². The molecule has 1 aromatic carbocycles. The molecular weight excluding hydrogens is 404 g/mol. The zero-order valence-electron chi connectivity index (χ0n) is 16.5. The molecule has 156 valence electrons. The fourth-order valence-electron chi connectivity index (χ4n) is 3.62. The van der Waals surface area contributed by atoms with Gasteiger partial charge in [-0.3, -0.25) is 19.0 Å². The standard InChI is InChI=1S/C21H22N4O4S/c1-29-17-5-3-2-4-14(17)11-25-12-15(10-18(25)26)20(27)22-7-8-24-13-23-16-6-9-30-19(16)21(24)28/h2-6,9,13,15H,7-8,10-12H2,1H3,(H,22,27). The van der Waals surface area contributed by atoms with Crippen molar-refractivity contribution in [2.75, 3.05) is 20.2 Å². The van der Waals surface area contributed by atoms with Crippen LogP contribution in [0.3, 0.4) is 0 Å². The Morgan fingerprint density at radius 3 is 2.97 bits per heavy atom. The quantitative estimate of drug-likeness (QED) is 0.620. The number of likely N-dealkylation sites (tertiary alicyclic amines) is 1. The van der Waals surface area contributed by atoms with Gasteiger partial charge in [-0.25, -0.2) is 4.98 Å². The largest absolute Gasteiger partial charge is 0.496 e. The molecule has 0 radical (unpaired) electrons. The maximum absolute atomic E-state index is 12.5. The van der Waals surface area contributed by atoms with Gasteiger partial charge in [-0.1, -0.05) is 18.2 Å². The van der Waals surface area contributed by atoms with Crippen molar-refractivity contribution in [3.63, 3.8) is 0 Å². The first-order valence-corrected chi connectivity index (χ1v) is 10.5. The summed E-state index contributed by atoms with van der Waals surface area (Å²) >= 11 is 1.36. The average Bonchev–Trinajstić information content (AvgIpc) is 3.37. The summed E-state index contributed by atoms with van der Waals surface area (Å²) in [6.07, 6.45) is 1.68. The number of carbonyl (C=O) groups excluding carboxylic acids is 2. The van der Waals surface area contributed by atoms with Gasteiger partial charge < -0.3 is 15.0 Å². The number of carbonyl (C=O) groups is 2. The molecule has 4 rings (SSSR count). The smallest absolute Gasteiger partial charge is 0.271 e.